The predicted octanol–water partition coefficient (Wildman–Crippen LogP) is 1.39. The van der Waals surface area contributed by atoms with Crippen LogP contribution >= 0.6 is 0 Å². The summed E-state index contributed by atoms with van der Waals surface area (Å²) in [7, 11) is 1.73. The highest BCUT2D eigenvalue weighted by atomic mass is 16.5. The minimum atomic E-state index is -0.226. The molecule has 20 heavy (non-hydrogen) atoms. The highest BCUT2D eigenvalue weighted by Gasteiger charge is 2.31. The molecular formula is C13H23N5O2. The number of nitrogens with zero attached hydrogens (tertiary/aromatic N) is 3. The fourth-order valence-electron chi connectivity index (χ4n) is 2.49. The first-order valence-corrected chi connectivity index (χ1v) is 6.96. The summed E-state index contributed by atoms with van der Waals surface area (Å²) in [5, 5.41) is 13.1. The third-order valence-electron chi connectivity index (χ3n) is 3.99. The Morgan fingerprint density at radius 1 is 1.50 bits per heavy atom. The van der Waals surface area contributed by atoms with E-state index in [-0.39, 0.29) is 11.4 Å². The number of anilines is 1. The Kier molecular flexibility index (Phi) is 4.59. The molecule has 1 aliphatic heterocycles. The average molecular weight is 281 g/mol. The van der Waals surface area contributed by atoms with E-state index in [0.717, 1.165) is 26.1 Å². The Hall–Kier alpha value is -1.63. The van der Waals surface area contributed by atoms with E-state index < -0.39 is 0 Å². The van der Waals surface area contributed by atoms with Crippen LogP contribution in [0.2, 0.25) is 0 Å². The molecule has 7 heteroatoms. The van der Waals surface area contributed by atoms with Gasteiger partial charge in [0.1, 0.15) is 0 Å². The van der Waals surface area contributed by atoms with Gasteiger partial charge in [-0.3, -0.25) is 5.32 Å². The number of urea groups is 1. The Morgan fingerprint density at radius 2 is 2.20 bits per heavy atom. The molecule has 1 aliphatic rings. The van der Waals surface area contributed by atoms with Crippen LogP contribution in [0.15, 0.2) is 6.20 Å². The molecule has 7 nitrogen and oxygen atoms in total. The van der Waals surface area contributed by atoms with Gasteiger partial charge in [0, 0.05) is 26.8 Å². The van der Waals surface area contributed by atoms with Crippen LogP contribution in [-0.4, -0.2) is 40.8 Å². The van der Waals surface area contributed by atoms with Crippen molar-refractivity contribution in [1.29, 1.82) is 0 Å². The molecular weight excluding hydrogens is 258 g/mol. The largest absolute Gasteiger partial charge is 0.381 e. The van der Waals surface area contributed by atoms with Crippen molar-refractivity contribution in [2.24, 2.45) is 18.4 Å². The fourth-order valence-corrected chi connectivity index (χ4v) is 2.49. The molecule has 1 fully saturated rings. The second-order valence-corrected chi connectivity index (χ2v) is 5.93. The quantitative estimate of drug-likeness (QED) is 0.874. The summed E-state index contributed by atoms with van der Waals surface area (Å²) in [5.41, 5.74) is 0.0613. The highest BCUT2D eigenvalue weighted by Crippen LogP contribution is 2.33. The SMILES string of the molecule is Cn1nncc1NC(=O)NCC(C)(C)C1CCOCC1. The van der Waals surface area contributed by atoms with Crippen LogP contribution in [0.4, 0.5) is 10.6 Å². The molecule has 0 unspecified atom stereocenters. The van der Waals surface area contributed by atoms with E-state index in [9.17, 15) is 4.79 Å². The number of carbonyl (C=O) groups excluding carboxylic acids is 1. The Balaban J connectivity index is 1.81. The molecule has 1 saturated heterocycles. The van der Waals surface area contributed by atoms with Gasteiger partial charge in [-0.05, 0) is 24.2 Å². The Morgan fingerprint density at radius 3 is 2.80 bits per heavy atom. The molecule has 0 spiro atoms. The molecule has 0 aliphatic carbocycles. The molecule has 2 N–H and O–H groups in total. The summed E-state index contributed by atoms with van der Waals surface area (Å²) in [6, 6.07) is -0.226. The summed E-state index contributed by atoms with van der Waals surface area (Å²) < 4.78 is 6.90. The molecule has 2 amide bonds. The van der Waals surface area contributed by atoms with E-state index >= 15 is 0 Å². The second-order valence-electron chi connectivity index (χ2n) is 5.93. The van der Waals surface area contributed by atoms with Crippen molar-refractivity contribution >= 4 is 11.8 Å². The zero-order valence-corrected chi connectivity index (χ0v) is 12.3. The summed E-state index contributed by atoms with van der Waals surface area (Å²) in [6.45, 7) is 6.65. The van der Waals surface area contributed by atoms with Crippen LogP contribution in [0.3, 0.4) is 0 Å². The van der Waals surface area contributed by atoms with Gasteiger partial charge in [0.05, 0.1) is 6.20 Å². The Labute approximate surface area is 119 Å². The van der Waals surface area contributed by atoms with E-state index in [1.165, 1.54) is 10.9 Å². The lowest BCUT2D eigenvalue weighted by Crippen LogP contribution is -2.42. The van der Waals surface area contributed by atoms with Crippen molar-refractivity contribution in [3.05, 3.63) is 6.20 Å². The van der Waals surface area contributed by atoms with Crippen LogP contribution in [0.5, 0.6) is 0 Å². The van der Waals surface area contributed by atoms with Crippen molar-refractivity contribution in [1.82, 2.24) is 20.3 Å². The average Bonchev–Trinajstić information content (AvgIpc) is 2.83. The van der Waals surface area contributed by atoms with Crippen molar-refractivity contribution in [3.8, 4) is 0 Å². The number of amides is 2. The van der Waals surface area contributed by atoms with Crippen LogP contribution in [0, 0.1) is 11.3 Å². The topological polar surface area (TPSA) is 81.1 Å². The molecule has 2 rings (SSSR count). The van der Waals surface area contributed by atoms with Gasteiger partial charge < -0.3 is 10.1 Å². The smallest absolute Gasteiger partial charge is 0.320 e. The van der Waals surface area contributed by atoms with E-state index in [1.54, 1.807) is 7.05 Å². The van der Waals surface area contributed by atoms with Gasteiger partial charge in [0.2, 0.25) is 0 Å². The minimum Gasteiger partial charge on any atom is -0.381 e. The van der Waals surface area contributed by atoms with Crippen LogP contribution in [0.1, 0.15) is 26.7 Å². The van der Waals surface area contributed by atoms with Gasteiger partial charge >= 0.3 is 6.03 Å². The summed E-state index contributed by atoms with van der Waals surface area (Å²) in [5.74, 6) is 1.15. The second kappa shape index (κ2) is 6.21. The van der Waals surface area contributed by atoms with Gasteiger partial charge in [-0.15, -0.1) is 5.10 Å². The van der Waals surface area contributed by atoms with Gasteiger partial charge in [-0.25, -0.2) is 9.48 Å². The maximum Gasteiger partial charge on any atom is 0.320 e. The van der Waals surface area contributed by atoms with E-state index in [2.05, 4.69) is 34.8 Å². The van der Waals surface area contributed by atoms with E-state index in [1.807, 2.05) is 0 Å². The van der Waals surface area contributed by atoms with Gasteiger partial charge in [0.25, 0.3) is 0 Å². The molecule has 112 valence electrons. The van der Waals surface area contributed by atoms with Crippen molar-refractivity contribution in [2.75, 3.05) is 25.1 Å². The number of hydrogen-bond acceptors (Lipinski definition) is 4. The molecule has 0 radical (unpaired) electrons. The number of carbonyl (C=O) groups is 1. The summed E-state index contributed by atoms with van der Waals surface area (Å²) >= 11 is 0. The minimum absolute atomic E-state index is 0.0613. The number of ether oxygens (including phenoxy) is 1. The Bertz CT molecular complexity index is 451. The number of nitrogens with one attached hydrogen (secondary N) is 2. The first-order valence-electron chi connectivity index (χ1n) is 6.96. The zero-order valence-electron chi connectivity index (χ0n) is 12.3. The number of aryl methyl sites for hydroxylation is 1. The molecule has 0 atom stereocenters. The first kappa shape index (κ1) is 14.8. The van der Waals surface area contributed by atoms with Gasteiger partial charge in [-0.1, -0.05) is 19.1 Å². The van der Waals surface area contributed by atoms with Crippen molar-refractivity contribution in [3.63, 3.8) is 0 Å². The van der Waals surface area contributed by atoms with Crippen molar-refractivity contribution in [2.45, 2.75) is 26.7 Å². The molecule has 1 aromatic heterocycles. The van der Waals surface area contributed by atoms with E-state index in [0.29, 0.717) is 18.3 Å². The standard InChI is InChI=1S/C13H23N5O2/c1-13(2,10-4-6-20-7-5-10)9-14-12(19)16-11-8-15-17-18(11)3/h8,10H,4-7,9H2,1-3H3,(H2,14,16,19). The van der Waals surface area contributed by atoms with Gasteiger partial charge in [-0.2, -0.15) is 0 Å². The zero-order chi connectivity index (χ0) is 14.6. The maximum atomic E-state index is 11.9. The highest BCUT2D eigenvalue weighted by molar-refractivity contribution is 5.88. The third kappa shape index (κ3) is 3.69. The van der Waals surface area contributed by atoms with Crippen LogP contribution < -0.4 is 10.6 Å². The monoisotopic (exact) mass is 281 g/mol. The molecule has 0 aromatic carbocycles. The van der Waals surface area contributed by atoms with Crippen LogP contribution in [-0.2, 0) is 11.8 Å². The summed E-state index contributed by atoms with van der Waals surface area (Å²) in [6.07, 6.45) is 3.63. The normalized spacial score (nSPS) is 16.9. The lowest BCUT2D eigenvalue weighted by Gasteiger charge is -2.37. The number of aromatic nitrogens is 3. The fraction of sp³-hybridized carbons (Fsp3) is 0.769. The summed E-state index contributed by atoms with van der Waals surface area (Å²) in [4.78, 5) is 11.9. The lowest BCUT2D eigenvalue weighted by molar-refractivity contribution is 0.0238. The number of hydrogen-bond donors (Lipinski definition) is 2. The number of rotatable bonds is 4. The molecule has 2 heterocycles. The molecule has 0 bridgehead atoms. The first-order chi connectivity index (χ1) is 9.49. The third-order valence-corrected chi connectivity index (χ3v) is 3.99. The van der Waals surface area contributed by atoms with E-state index in [4.69, 9.17) is 4.74 Å². The van der Waals surface area contributed by atoms with Gasteiger partial charge in [0.15, 0.2) is 5.82 Å². The van der Waals surface area contributed by atoms with Crippen molar-refractivity contribution < 1.29 is 9.53 Å². The molecule has 0 saturated carbocycles. The predicted molar refractivity (Wildman–Crippen MR) is 75.3 cm³/mol. The maximum absolute atomic E-state index is 11.9. The molecule has 1 aromatic rings. The lowest BCUT2D eigenvalue weighted by atomic mass is 9.74. The van der Waals surface area contributed by atoms with Crippen LogP contribution in [0.25, 0.3) is 0 Å².